The molecule has 0 saturated carbocycles. The van der Waals surface area contributed by atoms with E-state index in [-0.39, 0.29) is 24.8 Å². The van der Waals surface area contributed by atoms with Gasteiger partial charge in [-0.3, -0.25) is 9.59 Å². The average Bonchev–Trinajstić information content (AvgIpc) is 2.76. The summed E-state index contributed by atoms with van der Waals surface area (Å²) in [7, 11) is -3.37. The van der Waals surface area contributed by atoms with E-state index >= 15 is 0 Å². The number of sulfonamides is 1. The first-order chi connectivity index (χ1) is 9.85. The molecule has 21 heavy (non-hydrogen) atoms. The van der Waals surface area contributed by atoms with Gasteiger partial charge in [-0.25, -0.2) is 13.1 Å². The van der Waals surface area contributed by atoms with Crippen molar-refractivity contribution in [3.63, 3.8) is 0 Å². The Morgan fingerprint density at radius 3 is 2.71 bits per heavy atom. The Balaban J connectivity index is 1.92. The van der Waals surface area contributed by atoms with Crippen LogP contribution in [0.4, 0.5) is 5.69 Å². The normalized spacial score (nSPS) is 25.1. The van der Waals surface area contributed by atoms with Crippen LogP contribution in [0.2, 0.25) is 0 Å². The highest BCUT2D eigenvalue weighted by atomic mass is 32.2. The summed E-state index contributed by atoms with van der Waals surface area (Å²) in [4.78, 5) is 26.2. The van der Waals surface area contributed by atoms with Crippen molar-refractivity contribution in [3.05, 3.63) is 29.8 Å². The first-order valence-electron chi connectivity index (χ1n) is 6.53. The molecule has 1 aromatic carbocycles. The lowest BCUT2D eigenvalue weighted by Crippen LogP contribution is -2.41. The molecule has 0 radical (unpaired) electrons. The van der Waals surface area contributed by atoms with Crippen molar-refractivity contribution in [2.75, 3.05) is 18.1 Å². The molecule has 0 aromatic heterocycles. The minimum absolute atomic E-state index is 0.193. The fourth-order valence-electron chi connectivity index (χ4n) is 2.85. The van der Waals surface area contributed by atoms with Gasteiger partial charge in [-0.2, -0.15) is 0 Å². The Hall–Kier alpha value is -1.93. The van der Waals surface area contributed by atoms with Gasteiger partial charge in [0, 0.05) is 12.6 Å². The van der Waals surface area contributed by atoms with Crippen molar-refractivity contribution in [1.82, 2.24) is 9.62 Å². The number of hydrogen-bond donors (Lipinski definition) is 2. The Labute approximate surface area is 122 Å². The monoisotopic (exact) mass is 309 g/mol. The summed E-state index contributed by atoms with van der Waals surface area (Å²) < 4.78 is 25.1. The van der Waals surface area contributed by atoms with Crippen LogP contribution in [0, 0.1) is 0 Å². The Kier molecular flexibility index (Phi) is 3.22. The molecule has 3 rings (SSSR count). The van der Waals surface area contributed by atoms with Crippen LogP contribution in [0.3, 0.4) is 0 Å². The highest BCUT2D eigenvalue weighted by Crippen LogP contribution is 2.28. The van der Waals surface area contributed by atoms with Gasteiger partial charge in [0.25, 0.3) is 5.91 Å². The first-order valence-corrected chi connectivity index (χ1v) is 8.42. The molecule has 0 bridgehead atoms. The van der Waals surface area contributed by atoms with Gasteiger partial charge in [-0.15, -0.1) is 0 Å². The minimum Gasteiger partial charge on any atom is -0.325 e. The number of rotatable bonds is 2. The maximum Gasteiger partial charge on any atom is 0.256 e. The van der Waals surface area contributed by atoms with Gasteiger partial charge in [0.1, 0.15) is 6.04 Å². The Morgan fingerprint density at radius 1 is 1.29 bits per heavy atom. The lowest BCUT2D eigenvalue weighted by atomic mass is 10.1. The van der Waals surface area contributed by atoms with Gasteiger partial charge < -0.3 is 10.2 Å². The van der Waals surface area contributed by atoms with Crippen LogP contribution in [-0.2, 0) is 14.8 Å². The molecule has 0 unspecified atom stereocenters. The van der Waals surface area contributed by atoms with Crippen LogP contribution < -0.4 is 10.0 Å². The molecule has 2 aliphatic heterocycles. The molecule has 2 aliphatic rings. The summed E-state index contributed by atoms with van der Waals surface area (Å²) in [5, 5.41) is 2.73. The predicted molar refractivity (Wildman–Crippen MR) is 76.3 cm³/mol. The second-order valence-corrected chi connectivity index (χ2v) is 7.11. The Bertz CT molecular complexity index is 716. The number of nitrogens with one attached hydrogen (secondary N) is 2. The zero-order chi connectivity index (χ0) is 15.2. The highest BCUT2D eigenvalue weighted by molar-refractivity contribution is 7.88. The molecule has 1 saturated heterocycles. The van der Waals surface area contributed by atoms with Crippen LogP contribution in [-0.4, -0.2) is 50.0 Å². The minimum atomic E-state index is -3.37. The third-order valence-electron chi connectivity index (χ3n) is 3.66. The number of amides is 2. The van der Waals surface area contributed by atoms with E-state index < -0.39 is 22.1 Å². The SMILES string of the molecule is CS(=O)(=O)N[C@@H]1C[C@@H]2C(=O)Nc3ccccc3C(=O)N2C1. The largest absolute Gasteiger partial charge is 0.325 e. The zero-order valence-electron chi connectivity index (χ0n) is 11.4. The summed E-state index contributed by atoms with van der Waals surface area (Å²) in [5.41, 5.74) is 0.919. The van der Waals surface area contributed by atoms with Gasteiger partial charge in [0.05, 0.1) is 17.5 Å². The van der Waals surface area contributed by atoms with Gasteiger partial charge >= 0.3 is 0 Å². The second-order valence-electron chi connectivity index (χ2n) is 5.33. The van der Waals surface area contributed by atoms with Crippen molar-refractivity contribution in [2.45, 2.75) is 18.5 Å². The third-order valence-corrected chi connectivity index (χ3v) is 4.42. The van der Waals surface area contributed by atoms with Crippen molar-refractivity contribution < 1.29 is 18.0 Å². The number of hydrogen-bond acceptors (Lipinski definition) is 4. The molecule has 2 heterocycles. The maximum absolute atomic E-state index is 12.5. The lowest BCUT2D eigenvalue weighted by molar-refractivity contribution is -0.119. The molecule has 2 atom stereocenters. The molecule has 2 amide bonds. The molecule has 8 heteroatoms. The summed E-state index contributed by atoms with van der Waals surface area (Å²) >= 11 is 0. The maximum atomic E-state index is 12.5. The van der Waals surface area contributed by atoms with Crippen LogP contribution in [0.1, 0.15) is 16.8 Å². The van der Waals surface area contributed by atoms with Gasteiger partial charge in [0.2, 0.25) is 15.9 Å². The number of nitrogens with zero attached hydrogens (tertiary/aromatic N) is 1. The van der Waals surface area contributed by atoms with E-state index in [9.17, 15) is 18.0 Å². The van der Waals surface area contributed by atoms with Crippen molar-refractivity contribution in [3.8, 4) is 0 Å². The molecular formula is C13H15N3O4S. The van der Waals surface area contributed by atoms with Crippen molar-refractivity contribution in [1.29, 1.82) is 0 Å². The van der Waals surface area contributed by atoms with Crippen LogP contribution in [0.5, 0.6) is 0 Å². The average molecular weight is 309 g/mol. The summed E-state index contributed by atoms with van der Waals surface area (Å²) in [6, 6.07) is 5.72. The molecule has 1 aromatic rings. The summed E-state index contributed by atoms with van der Waals surface area (Å²) in [6.07, 6.45) is 1.34. The van der Waals surface area contributed by atoms with E-state index in [1.807, 2.05) is 0 Å². The topological polar surface area (TPSA) is 95.6 Å². The molecule has 7 nitrogen and oxygen atoms in total. The summed E-state index contributed by atoms with van der Waals surface area (Å²) in [5.74, 6) is -0.544. The van der Waals surface area contributed by atoms with E-state index in [0.29, 0.717) is 11.3 Å². The molecule has 0 aliphatic carbocycles. The van der Waals surface area contributed by atoms with Crippen molar-refractivity contribution in [2.24, 2.45) is 0 Å². The lowest BCUT2D eigenvalue weighted by Gasteiger charge is -2.19. The predicted octanol–water partition coefficient (Wildman–Crippen LogP) is -0.229. The fraction of sp³-hybridized carbons (Fsp3) is 0.385. The van der Waals surface area contributed by atoms with Gasteiger partial charge in [-0.05, 0) is 18.6 Å². The van der Waals surface area contributed by atoms with Crippen molar-refractivity contribution >= 4 is 27.5 Å². The van der Waals surface area contributed by atoms with E-state index in [1.54, 1.807) is 24.3 Å². The number of carbonyl (C=O) groups excluding carboxylic acids is 2. The quantitative estimate of drug-likeness (QED) is 0.789. The molecule has 112 valence electrons. The number of para-hydroxylation sites is 1. The number of fused-ring (bicyclic) bond motifs is 2. The first kappa shape index (κ1) is 14.0. The zero-order valence-corrected chi connectivity index (χ0v) is 12.2. The van der Waals surface area contributed by atoms with E-state index in [4.69, 9.17) is 0 Å². The molecule has 2 N–H and O–H groups in total. The third kappa shape index (κ3) is 2.64. The van der Waals surface area contributed by atoms with Crippen LogP contribution >= 0.6 is 0 Å². The van der Waals surface area contributed by atoms with Crippen LogP contribution in [0.25, 0.3) is 0 Å². The highest BCUT2D eigenvalue weighted by Gasteiger charge is 2.43. The van der Waals surface area contributed by atoms with E-state index in [1.165, 1.54) is 4.90 Å². The van der Waals surface area contributed by atoms with Gasteiger partial charge in [0.15, 0.2) is 0 Å². The number of carbonyl (C=O) groups is 2. The smallest absolute Gasteiger partial charge is 0.256 e. The summed E-state index contributed by atoms with van der Waals surface area (Å²) in [6.45, 7) is 0.193. The second kappa shape index (κ2) is 4.81. The van der Waals surface area contributed by atoms with E-state index in [2.05, 4.69) is 10.0 Å². The standard InChI is InChI=1S/C13H15N3O4S/c1-21(19,20)15-8-6-11-12(17)14-10-5-3-2-4-9(10)13(18)16(11)7-8/h2-5,8,11,15H,6-7H2,1H3,(H,14,17)/t8-,11-/m1/s1. The molecule has 1 fully saturated rings. The number of benzene rings is 1. The fourth-order valence-corrected chi connectivity index (χ4v) is 3.62. The van der Waals surface area contributed by atoms with Crippen LogP contribution in [0.15, 0.2) is 24.3 Å². The Morgan fingerprint density at radius 2 is 2.00 bits per heavy atom. The number of anilines is 1. The van der Waals surface area contributed by atoms with Gasteiger partial charge in [-0.1, -0.05) is 12.1 Å². The van der Waals surface area contributed by atoms with E-state index in [0.717, 1.165) is 6.26 Å². The molecular weight excluding hydrogens is 294 g/mol. The molecule has 0 spiro atoms.